The zero-order chi connectivity index (χ0) is 24.4. The zero-order valence-corrected chi connectivity index (χ0v) is 20.6. The average molecular weight is 539 g/mol. The van der Waals surface area contributed by atoms with Gasteiger partial charge < -0.3 is 0 Å². The molecule has 3 N–H and O–H groups in total. The third kappa shape index (κ3) is 4.61. The van der Waals surface area contributed by atoms with E-state index in [0.29, 0.717) is 30.1 Å². The third-order valence-corrected chi connectivity index (χ3v) is 9.11. The second kappa shape index (κ2) is 10.0. The minimum absolute atomic E-state index is 0.282. The van der Waals surface area contributed by atoms with E-state index in [1.165, 1.54) is 13.4 Å². The van der Waals surface area contributed by atoms with Gasteiger partial charge in [-0.25, -0.2) is 0 Å². The molecular weight excluding hydrogens is 515 g/mol. The van der Waals surface area contributed by atoms with Gasteiger partial charge in [-0.1, -0.05) is 0 Å². The first-order chi connectivity index (χ1) is 17.1. The van der Waals surface area contributed by atoms with Gasteiger partial charge in [0.05, 0.1) is 0 Å². The monoisotopic (exact) mass is 540 g/mol. The van der Waals surface area contributed by atoms with Gasteiger partial charge in [-0.15, -0.1) is 0 Å². The number of hydrogen-bond acceptors (Lipinski definition) is 9. The first-order valence-electron chi connectivity index (χ1n) is 11.0. The Labute approximate surface area is 207 Å². The van der Waals surface area contributed by atoms with Crippen LogP contribution in [0.25, 0.3) is 11.2 Å². The van der Waals surface area contributed by atoms with E-state index in [1.54, 1.807) is 23.3 Å². The van der Waals surface area contributed by atoms with Crippen molar-refractivity contribution >= 4 is 37.8 Å². The molecule has 0 bridgehead atoms. The number of amides is 1. The van der Waals surface area contributed by atoms with Crippen molar-refractivity contribution in [3.63, 3.8) is 0 Å². The van der Waals surface area contributed by atoms with Gasteiger partial charge >= 0.3 is 207 Å². The maximum absolute atomic E-state index is 12.2. The van der Waals surface area contributed by atoms with E-state index in [1.807, 2.05) is 41.3 Å². The number of carbonyl (C=O) groups is 1. The topological polar surface area (TPSA) is 142 Å². The van der Waals surface area contributed by atoms with Crippen LogP contribution in [0.3, 0.4) is 0 Å². The van der Waals surface area contributed by atoms with Crippen LogP contribution in [0.5, 0.6) is 0 Å². The maximum atomic E-state index is 12.2. The van der Waals surface area contributed by atoms with Crippen molar-refractivity contribution in [2.24, 2.45) is 0 Å². The first-order valence-corrected chi connectivity index (χ1v) is 13.0. The Morgan fingerprint density at radius 2 is 1.69 bits per heavy atom. The normalized spacial score (nSPS) is 21.8. The fourth-order valence-electron chi connectivity index (χ4n) is 4.09. The summed E-state index contributed by atoms with van der Waals surface area (Å²) in [5.74, 6) is 0.323. The molecule has 0 unspecified atom stereocenters. The van der Waals surface area contributed by atoms with Crippen LogP contribution >= 0.6 is 0 Å². The van der Waals surface area contributed by atoms with Gasteiger partial charge in [-0.3, -0.25) is 0 Å². The number of rotatable bonds is 7. The van der Waals surface area contributed by atoms with E-state index in [-0.39, 0.29) is 5.91 Å². The second-order valence-corrected chi connectivity index (χ2v) is 10.7. The van der Waals surface area contributed by atoms with Gasteiger partial charge in [-0.05, 0) is 0 Å². The van der Waals surface area contributed by atoms with E-state index < -0.39 is 36.9 Å². The van der Waals surface area contributed by atoms with Crippen LogP contribution in [-0.2, 0) is 17.9 Å². The van der Waals surface area contributed by atoms with Crippen molar-refractivity contribution in [2.45, 2.75) is 35.1 Å². The molecule has 35 heavy (non-hydrogen) atoms. The van der Waals surface area contributed by atoms with Crippen LogP contribution in [0, 0.1) is 0 Å². The number of hydrogen-bond donors (Lipinski definition) is 3. The van der Waals surface area contributed by atoms with Crippen molar-refractivity contribution in [3.8, 4) is 0 Å². The number of fused-ring (bicyclic) bond motifs is 1. The summed E-state index contributed by atoms with van der Waals surface area (Å²) in [4.78, 5) is 35.6. The Kier molecular flexibility index (Phi) is 6.69. The number of imidazole rings is 1. The molecular formula is C23H24N8O3Se. The SMILES string of the molecule is CNC(=O)[C@@H]1[Se][C@@H](n2cnc3c(N(Cc4ccccn4)Cc4ccccn4)ncnc32)[C@H](O)[C@@H]1O. The molecule has 12 heteroatoms. The second-order valence-electron chi connectivity index (χ2n) is 8.06. The van der Waals surface area contributed by atoms with E-state index in [4.69, 9.17) is 0 Å². The van der Waals surface area contributed by atoms with E-state index in [9.17, 15) is 15.0 Å². The molecule has 0 saturated carbocycles. The van der Waals surface area contributed by atoms with Crippen molar-refractivity contribution in [2.75, 3.05) is 11.9 Å². The zero-order valence-electron chi connectivity index (χ0n) is 18.8. The molecule has 4 aromatic rings. The number of anilines is 1. The van der Waals surface area contributed by atoms with Crippen LogP contribution in [0.4, 0.5) is 5.82 Å². The number of carbonyl (C=O) groups excluding carboxylic acids is 1. The summed E-state index contributed by atoms with van der Waals surface area (Å²) in [5, 5.41) is 23.8. The number of aliphatic hydroxyl groups is 2. The van der Waals surface area contributed by atoms with Crippen LogP contribution in [0.1, 0.15) is 16.3 Å². The molecule has 5 rings (SSSR count). The molecule has 0 aliphatic carbocycles. The molecule has 0 radical (unpaired) electrons. The standard InChI is InChI=1S/C23H24N8O3Se/c1-24-22(34)19-17(32)18(33)23(35-19)31-13-29-16-20(27-12-28-21(16)31)30(10-14-6-2-4-8-25-14)11-15-7-3-5-9-26-15/h2-9,12-13,17-19,23,32-33H,10-11H2,1H3,(H,24,34)/t17-,18+,19+,23+/m0/s1. The molecule has 1 amide bonds. The molecule has 1 aliphatic rings. The van der Waals surface area contributed by atoms with Gasteiger partial charge in [0.1, 0.15) is 0 Å². The summed E-state index contributed by atoms with van der Waals surface area (Å²) in [7, 11) is 1.52. The molecule has 5 heterocycles. The summed E-state index contributed by atoms with van der Waals surface area (Å²) in [6.07, 6.45) is 4.29. The van der Waals surface area contributed by atoms with Gasteiger partial charge in [0.15, 0.2) is 0 Å². The molecule has 1 saturated heterocycles. The first kappa shape index (κ1) is 23.3. The minimum atomic E-state index is -1.15. The van der Waals surface area contributed by atoms with Crippen LogP contribution in [0.15, 0.2) is 61.4 Å². The van der Waals surface area contributed by atoms with Crippen molar-refractivity contribution in [3.05, 3.63) is 72.8 Å². The van der Waals surface area contributed by atoms with Crippen LogP contribution < -0.4 is 10.2 Å². The Bertz CT molecular complexity index is 1260. The fourth-order valence-corrected chi connectivity index (χ4v) is 7.17. The van der Waals surface area contributed by atoms with Gasteiger partial charge in [0.25, 0.3) is 0 Å². The Hall–Kier alpha value is -3.44. The number of aromatic nitrogens is 6. The number of nitrogens with one attached hydrogen (secondary N) is 1. The quantitative estimate of drug-likeness (QED) is 0.283. The molecule has 4 aromatic heterocycles. The Balaban J connectivity index is 1.52. The summed E-state index contributed by atoms with van der Waals surface area (Å²) in [6, 6.07) is 11.5. The molecule has 4 atom stereocenters. The summed E-state index contributed by atoms with van der Waals surface area (Å²) >= 11 is -0.417. The van der Waals surface area contributed by atoms with Crippen LogP contribution in [0.2, 0.25) is 4.82 Å². The van der Waals surface area contributed by atoms with Gasteiger partial charge in [-0.2, -0.15) is 0 Å². The third-order valence-electron chi connectivity index (χ3n) is 5.81. The molecule has 0 aromatic carbocycles. The Morgan fingerprint density at radius 1 is 1.00 bits per heavy atom. The van der Waals surface area contributed by atoms with Crippen molar-refractivity contribution in [1.29, 1.82) is 0 Å². The predicted molar refractivity (Wildman–Crippen MR) is 128 cm³/mol. The molecule has 180 valence electrons. The van der Waals surface area contributed by atoms with E-state index >= 15 is 0 Å². The molecule has 11 nitrogen and oxygen atoms in total. The molecule has 1 aliphatic heterocycles. The summed E-state index contributed by atoms with van der Waals surface area (Å²) in [5.41, 5.74) is 2.81. The molecule has 0 spiro atoms. The predicted octanol–water partition coefficient (Wildman–Crippen LogP) is 0.296. The summed E-state index contributed by atoms with van der Waals surface area (Å²) in [6.45, 7) is 0.952. The van der Waals surface area contributed by atoms with Gasteiger partial charge in [0, 0.05) is 0 Å². The fraction of sp³-hybridized carbons (Fsp3) is 0.304. The van der Waals surface area contributed by atoms with Crippen molar-refractivity contribution < 1.29 is 15.0 Å². The number of nitrogens with zero attached hydrogens (tertiary/aromatic N) is 7. The van der Waals surface area contributed by atoms with Crippen molar-refractivity contribution in [1.82, 2.24) is 34.8 Å². The van der Waals surface area contributed by atoms with Crippen LogP contribution in [-0.4, -0.2) is 79.8 Å². The van der Waals surface area contributed by atoms with Gasteiger partial charge in [0.2, 0.25) is 0 Å². The summed E-state index contributed by atoms with van der Waals surface area (Å²) < 4.78 is 1.75. The molecule has 1 fully saturated rings. The Morgan fingerprint density at radius 3 is 2.29 bits per heavy atom. The van der Waals surface area contributed by atoms with E-state index in [2.05, 4.69) is 30.2 Å². The number of pyridine rings is 2. The number of aliphatic hydroxyl groups excluding tert-OH is 2. The van der Waals surface area contributed by atoms with E-state index in [0.717, 1.165) is 11.4 Å². The average Bonchev–Trinajstić information content (AvgIpc) is 3.45.